The molecule has 9 heteroatoms. The highest BCUT2D eigenvalue weighted by Gasteiger charge is 2.49. The molecular weight excluding hydrogens is 395 g/mol. The Balaban J connectivity index is 2.46. The van der Waals surface area contributed by atoms with Gasteiger partial charge in [0.25, 0.3) is 0 Å². The zero-order valence-corrected chi connectivity index (χ0v) is 15.7. The summed E-state index contributed by atoms with van der Waals surface area (Å²) < 4.78 is 71.9. The zero-order chi connectivity index (χ0) is 20.6. The van der Waals surface area contributed by atoms with E-state index in [4.69, 9.17) is 10.5 Å². The van der Waals surface area contributed by atoms with Gasteiger partial charge in [0.05, 0.1) is 0 Å². The van der Waals surface area contributed by atoms with E-state index >= 15 is 0 Å². The quantitative estimate of drug-likeness (QED) is 0.383. The van der Waals surface area contributed by atoms with Crippen LogP contribution in [0.5, 0.6) is 0 Å². The van der Waals surface area contributed by atoms with Crippen molar-refractivity contribution in [3.05, 3.63) is 77.5 Å². The maximum absolute atomic E-state index is 12.9. The minimum Gasteiger partial charge on any atom is -0.493 e. The smallest absolute Gasteiger partial charge is 0.493 e. The van der Waals surface area contributed by atoms with Crippen LogP contribution in [0, 0.1) is 0 Å². The summed E-state index contributed by atoms with van der Waals surface area (Å²) in [5.74, 6) is -0.518. The lowest BCUT2D eigenvalue weighted by molar-refractivity contribution is -0.0510. The largest absolute Gasteiger partial charge is 0.534 e. The Labute approximate surface area is 161 Å². The van der Waals surface area contributed by atoms with Crippen molar-refractivity contribution < 1.29 is 30.5 Å². The van der Waals surface area contributed by atoms with Crippen LogP contribution in [0.1, 0.15) is 17.5 Å². The predicted octanol–water partition coefficient (Wildman–Crippen LogP) is 3.83. The molecule has 2 aromatic rings. The molecule has 152 valence electrons. The summed E-state index contributed by atoms with van der Waals surface area (Å²) in [4.78, 5) is 0. The van der Waals surface area contributed by atoms with Gasteiger partial charge in [0, 0.05) is 18.5 Å². The van der Waals surface area contributed by atoms with Gasteiger partial charge in [-0.2, -0.15) is 21.6 Å². The number of allylic oxidation sites excluding steroid dienone is 1. The first-order valence-electron chi connectivity index (χ1n) is 8.40. The molecule has 0 atom stereocenters. The molecule has 0 unspecified atom stereocenters. The van der Waals surface area contributed by atoms with E-state index in [1.54, 1.807) is 18.2 Å². The highest BCUT2D eigenvalue weighted by molar-refractivity contribution is 7.87. The maximum atomic E-state index is 12.9. The lowest BCUT2D eigenvalue weighted by Crippen LogP contribution is -2.25. The molecule has 0 amide bonds. The van der Waals surface area contributed by atoms with Gasteiger partial charge in [-0.1, -0.05) is 60.7 Å². The van der Waals surface area contributed by atoms with Crippen molar-refractivity contribution in [1.29, 1.82) is 0 Å². The molecule has 2 rings (SSSR count). The number of nitrogens with two attached hydrogens (primary N) is 1. The molecule has 0 fully saturated rings. The van der Waals surface area contributed by atoms with E-state index in [1.807, 2.05) is 30.3 Å². The molecule has 0 bridgehead atoms. The first-order valence-corrected chi connectivity index (χ1v) is 9.81. The van der Waals surface area contributed by atoms with E-state index in [-0.39, 0.29) is 30.9 Å². The third kappa shape index (κ3) is 6.00. The van der Waals surface area contributed by atoms with E-state index in [0.717, 1.165) is 5.56 Å². The monoisotopic (exact) mass is 415 g/mol. The van der Waals surface area contributed by atoms with E-state index in [0.29, 0.717) is 6.42 Å². The Morgan fingerprint density at radius 3 is 2.07 bits per heavy atom. The van der Waals surface area contributed by atoms with Crippen LogP contribution in [0.25, 0.3) is 5.76 Å². The molecule has 0 aromatic heterocycles. The van der Waals surface area contributed by atoms with Crippen molar-refractivity contribution in [2.24, 2.45) is 5.73 Å². The van der Waals surface area contributed by atoms with Crippen molar-refractivity contribution >= 4 is 15.9 Å². The van der Waals surface area contributed by atoms with Gasteiger partial charge in [-0.05, 0) is 12.0 Å². The van der Waals surface area contributed by atoms with Crippen LogP contribution in [-0.2, 0) is 25.5 Å². The normalized spacial score (nSPS) is 13.0. The molecule has 2 N–H and O–H groups in total. The van der Waals surface area contributed by atoms with Crippen molar-refractivity contribution in [1.82, 2.24) is 0 Å². The summed E-state index contributed by atoms with van der Waals surface area (Å²) in [6.07, 6.45) is 0.536. The molecule has 0 heterocycles. The van der Waals surface area contributed by atoms with Crippen molar-refractivity contribution in [3.63, 3.8) is 0 Å². The summed E-state index contributed by atoms with van der Waals surface area (Å²) in [7, 11) is -5.87. The molecule has 0 aliphatic heterocycles. The van der Waals surface area contributed by atoms with Crippen LogP contribution in [0.2, 0.25) is 0 Å². The highest BCUT2D eigenvalue weighted by atomic mass is 32.2. The molecule has 0 radical (unpaired) electrons. The Kier molecular flexibility index (Phi) is 7.47. The van der Waals surface area contributed by atoms with Crippen LogP contribution in [0.15, 0.2) is 66.4 Å². The second-order valence-electron chi connectivity index (χ2n) is 5.72. The second kappa shape index (κ2) is 9.61. The van der Waals surface area contributed by atoms with Crippen LogP contribution in [-0.4, -0.2) is 27.1 Å². The number of alkyl halides is 3. The Bertz CT molecular complexity index is 882. The van der Waals surface area contributed by atoms with Crippen LogP contribution >= 0.6 is 0 Å². The molecule has 0 saturated heterocycles. The fourth-order valence-electron chi connectivity index (χ4n) is 2.34. The minimum absolute atomic E-state index is 0.00409. The molecule has 0 aliphatic carbocycles. The molecule has 28 heavy (non-hydrogen) atoms. The minimum atomic E-state index is -5.87. The summed E-state index contributed by atoms with van der Waals surface area (Å²) in [6.45, 7) is 0.0960. The fourth-order valence-corrected chi connectivity index (χ4v) is 2.84. The number of aryl methyl sites for hydroxylation is 1. The van der Waals surface area contributed by atoms with Gasteiger partial charge >= 0.3 is 15.6 Å². The van der Waals surface area contributed by atoms with Gasteiger partial charge in [-0.15, -0.1) is 0 Å². The highest BCUT2D eigenvalue weighted by Crippen LogP contribution is 2.32. The summed E-state index contributed by atoms with van der Waals surface area (Å²) in [6, 6.07) is 16.8. The number of hydrogen-bond acceptors (Lipinski definition) is 5. The first kappa shape index (κ1) is 21.8. The zero-order valence-electron chi connectivity index (χ0n) is 14.9. The fraction of sp³-hybridized carbons (Fsp3) is 0.263. The van der Waals surface area contributed by atoms with Gasteiger partial charge in [0.2, 0.25) is 0 Å². The first-order chi connectivity index (χ1) is 13.2. The van der Waals surface area contributed by atoms with Gasteiger partial charge < -0.3 is 14.7 Å². The third-order valence-corrected chi connectivity index (χ3v) is 4.60. The average molecular weight is 415 g/mol. The maximum Gasteiger partial charge on any atom is 0.534 e. The standard InChI is InChI=1S/C19H20F3NO4S/c20-19(21,22)28(24,25)27-18(16-9-5-2-6-10-16)17(26-14-13-23)12-11-15-7-3-1-4-8-15/h1-10H,11-14,23H2. The third-order valence-electron chi connectivity index (χ3n) is 3.64. The predicted molar refractivity (Wildman–Crippen MR) is 99.2 cm³/mol. The summed E-state index contributed by atoms with van der Waals surface area (Å²) in [5.41, 5.74) is 0.922. The van der Waals surface area contributed by atoms with E-state index < -0.39 is 21.4 Å². The van der Waals surface area contributed by atoms with E-state index in [1.165, 1.54) is 12.1 Å². The van der Waals surface area contributed by atoms with Crippen LogP contribution in [0.4, 0.5) is 13.2 Å². The Hall–Kier alpha value is -2.52. The number of benzene rings is 2. The van der Waals surface area contributed by atoms with Gasteiger partial charge in [0.15, 0.2) is 5.76 Å². The number of ether oxygens (including phenoxy) is 1. The molecule has 0 saturated carbocycles. The molecular formula is C19H20F3NO4S. The summed E-state index contributed by atoms with van der Waals surface area (Å²) in [5, 5.41) is 0. The van der Waals surface area contributed by atoms with Crippen LogP contribution in [0.3, 0.4) is 0 Å². The molecule has 5 nitrogen and oxygen atoms in total. The topological polar surface area (TPSA) is 78.6 Å². The SMILES string of the molecule is NCCOC(CCc1ccccc1)=C(OS(=O)(=O)C(F)(F)F)c1ccccc1. The average Bonchev–Trinajstić information content (AvgIpc) is 2.67. The van der Waals surface area contributed by atoms with Crippen molar-refractivity contribution in [3.8, 4) is 0 Å². The molecule has 0 aliphatic rings. The number of hydrogen-bond donors (Lipinski definition) is 1. The lowest BCUT2D eigenvalue weighted by Gasteiger charge is -2.18. The van der Waals surface area contributed by atoms with E-state index in [9.17, 15) is 21.6 Å². The number of halogens is 3. The van der Waals surface area contributed by atoms with Gasteiger partial charge in [-0.25, -0.2) is 0 Å². The van der Waals surface area contributed by atoms with Gasteiger partial charge in [-0.3, -0.25) is 0 Å². The van der Waals surface area contributed by atoms with Gasteiger partial charge in [0.1, 0.15) is 12.4 Å². The Morgan fingerprint density at radius 1 is 0.964 bits per heavy atom. The van der Waals surface area contributed by atoms with Crippen LogP contribution < -0.4 is 5.73 Å². The van der Waals surface area contributed by atoms with Crippen molar-refractivity contribution in [2.45, 2.75) is 18.3 Å². The number of rotatable bonds is 9. The molecule has 0 spiro atoms. The second-order valence-corrected chi connectivity index (χ2v) is 7.26. The lowest BCUT2D eigenvalue weighted by atomic mass is 10.1. The molecule has 2 aromatic carbocycles. The Morgan fingerprint density at radius 2 is 1.54 bits per heavy atom. The van der Waals surface area contributed by atoms with Crippen molar-refractivity contribution in [2.75, 3.05) is 13.2 Å². The summed E-state index contributed by atoms with van der Waals surface area (Å²) >= 11 is 0. The van der Waals surface area contributed by atoms with E-state index in [2.05, 4.69) is 4.18 Å².